The molecule has 0 saturated heterocycles. The topological polar surface area (TPSA) is 67.4 Å². The van der Waals surface area contributed by atoms with E-state index in [0.29, 0.717) is 30.3 Å². The molecular weight excluding hydrogens is 409 g/mol. The Labute approximate surface area is 178 Å². The van der Waals surface area contributed by atoms with Gasteiger partial charge in [0.25, 0.3) is 5.91 Å². The number of nitrogens with one attached hydrogen (secondary N) is 2. The van der Waals surface area contributed by atoms with Gasteiger partial charge in [0.1, 0.15) is 5.75 Å². The number of hydrogen-bond acceptors (Lipinski definition) is 3. The number of carbonyl (C=O) groups is 2. The van der Waals surface area contributed by atoms with E-state index in [1.807, 2.05) is 12.1 Å². The van der Waals surface area contributed by atoms with Gasteiger partial charge in [-0.1, -0.05) is 24.3 Å². The molecule has 0 aliphatic heterocycles. The fraction of sp³-hybridized carbons (Fsp3) is 0.304. The van der Waals surface area contributed by atoms with Gasteiger partial charge in [0.15, 0.2) is 6.61 Å². The number of carbonyl (C=O) groups excluding carboxylic acids is 2. The van der Waals surface area contributed by atoms with E-state index in [1.54, 1.807) is 12.1 Å². The Bertz CT molecular complexity index is 919. The van der Waals surface area contributed by atoms with Crippen LogP contribution in [0.15, 0.2) is 54.6 Å². The van der Waals surface area contributed by atoms with Crippen LogP contribution in [0.1, 0.15) is 29.5 Å². The van der Waals surface area contributed by atoms with Crippen LogP contribution in [0.5, 0.6) is 5.75 Å². The maximum absolute atomic E-state index is 12.5. The number of ether oxygens (including phenoxy) is 1. The quantitative estimate of drug-likeness (QED) is 0.594. The Hall–Kier alpha value is -3.29. The van der Waals surface area contributed by atoms with Crippen LogP contribution >= 0.6 is 0 Å². The van der Waals surface area contributed by atoms with Crippen molar-refractivity contribution in [3.05, 3.63) is 71.3 Å². The van der Waals surface area contributed by atoms with Crippen molar-refractivity contribution in [3.8, 4) is 5.75 Å². The molecule has 1 fully saturated rings. The predicted molar refractivity (Wildman–Crippen MR) is 110 cm³/mol. The molecule has 2 aromatic carbocycles. The lowest BCUT2D eigenvalue weighted by Crippen LogP contribution is -2.30. The zero-order valence-electron chi connectivity index (χ0n) is 16.7. The summed E-state index contributed by atoms with van der Waals surface area (Å²) in [7, 11) is 0. The van der Waals surface area contributed by atoms with Crippen LogP contribution in [0.2, 0.25) is 0 Å². The summed E-state index contributed by atoms with van der Waals surface area (Å²) in [6, 6.07) is 12.1. The SMILES string of the molecule is O=C(/C=C/c1ccc(C(F)(F)F)cc1)NCCc1ccc(OCC(=O)NC2CC2)cc1. The van der Waals surface area contributed by atoms with E-state index in [9.17, 15) is 22.8 Å². The van der Waals surface area contributed by atoms with Crippen molar-refractivity contribution in [3.63, 3.8) is 0 Å². The average Bonchev–Trinajstić information content (AvgIpc) is 3.55. The van der Waals surface area contributed by atoms with Crippen LogP contribution in [-0.2, 0) is 22.2 Å². The first kappa shape index (κ1) is 22.4. The van der Waals surface area contributed by atoms with E-state index in [1.165, 1.54) is 24.3 Å². The standard InChI is InChI=1S/C23H23F3N2O3/c24-23(25,26)18-6-1-16(2-7-18)5-12-21(29)27-14-13-17-3-10-20(11-4-17)31-15-22(30)28-19-8-9-19/h1-7,10-12,19H,8-9,13-15H2,(H,27,29)(H,28,30)/b12-5+. The summed E-state index contributed by atoms with van der Waals surface area (Å²) < 4.78 is 43.1. The second-order valence-corrected chi connectivity index (χ2v) is 7.27. The van der Waals surface area contributed by atoms with Crippen LogP contribution in [0.25, 0.3) is 6.08 Å². The van der Waals surface area contributed by atoms with Gasteiger partial charge in [-0.15, -0.1) is 0 Å². The van der Waals surface area contributed by atoms with Gasteiger partial charge >= 0.3 is 6.18 Å². The summed E-state index contributed by atoms with van der Waals surface area (Å²) in [4.78, 5) is 23.5. The first-order valence-corrected chi connectivity index (χ1v) is 9.94. The van der Waals surface area contributed by atoms with Crippen LogP contribution < -0.4 is 15.4 Å². The number of amides is 2. The highest BCUT2D eigenvalue weighted by Gasteiger charge is 2.29. The van der Waals surface area contributed by atoms with Crippen LogP contribution in [0, 0.1) is 0 Å². The Balaban J connectivity index is 1.36. The molecule has 0 aromatic heterocycles. The lowest BCUT2D eigenvalue weighted by atomic mass is 10.1. The summed E-state index contributed by atoms with van der Waals surface area (Å²) >= 11 is 0. The van der Waals surface area contributed by atoms with Gasteiger partial charge in [-0.2, -0.15) is 13.2 Å². The Morgan fingerprint density at radius 2 is 1.71 bits per heavy atom. The fourth-order valence-corrected chi connectivity index (χ4v) is 2.74. The zero-order chi connectivity index (χ0) is 22.3. The maximum Gasteiger partial charge on any atom is 0.416 e. The zero-order valence-corrected chi connectivity index (χ0v) is 16.7. The van der Waals surface area contributed by atoms with Crippen molar-refractivity contribution >= 4 is 17.9 Å². The molecule has 31 heavy (non-hydrogen) atoms. The number of halogens is 3. The number of alkyl halides is 3. The highest BCUT2D eigenvalue weighted by molar-refractivity contribution is 5.91. The van der Waals surface area contributed by atoms with E-state index in [2.05, 4.69) is 10.6 Å². The Morgan fingerprint density at radius 3 is 2.32 bits per heavy atom. The highest BCUT2D eigenvalue weighted by atomic mass is 19.4. The molecule has 0 spiro atoms. The third-order valence-corrected chi connectivity index (χ3v) is 4.61. The lowest BCUT2D eigenvalue weighted by molar-refractivity contribution is -0.137. The second-order valence-electron chi connectivity index (χ2n) is 7.27. The van der Waals surface area contributed by atoms with Crippen molar-refractivity contribution in [2.45, 2.75) is 31.5 Å². The summed E-state index contributed by atoms with van der Waals surface area (Å²) in [5.41, 5.74) is 0.762. The highest BCUT2D eigenvalue weighted by Crippen LogP contribution is 2.29. The molecule has 8 heteroatoms. The summed E-state index contributed by atoms with van der Waals surface area (Å²) in [5.74, 6) is 0.137. The molecule has 0 atom stereocenters. The molecule has 2 amide bonds. The minimum Gasteiger partial charge on any atom is -0.484 e. The van der Waals surface area contributed by atoms with Crippen molar-refractivity contribution in [2.24, 2.45) is 0 Å². The smallest absolute Gasteiger partial charge is 0.416 e. The average molecular weight is 432 g/mol. The molecule has 1 aliphatic carbocycles. The third-order valence-electron chi connectivity index (χ3n) is 4.61. The van der Waals surface area contributed by atoms with Crippen molar-refractivity contribution in [2.75, 3.05) is 13.2 Å². The Morgan fingerprint density at radius 1 is 1.03 bits per heavy atom. The van der Waals surface area contributed by atoms with Crippen LogP contribution in [0.4, 0.5) is 13.2 Å². The molecule has 0 bridgehead atoms. The Kier molecular flexibility index (Phi) is 7.33. The number of rotatable bonds is 9. The van der Waals surface area contributed by atoms with Gasteiger partial charge in [-0.05, 0) is 60.7 Å². The minimum atomic E-state index is -4.38. The van der Waals surface area contributed by atoms with Gasteiger partial charge in [-0.25, -0.2) is 0 Å². The van der Waals surface area contributed by atoms with E-state index >= 15 is 0 Å². The first-order valence-electron chi connectivity index (χ1n) is 9.94. The van der Waals surface area contributed by atoms with E-state index in [-0.39, 0.29) is 18.4 Å². The molecule has 3 rings (SSSR count). The second kappa shape index (κ2) is 10.1. The normalized spacial score (nSPS) is 13.8. The van der Waals surface area contributed by atoms with E-state index < -0.39 is 11.7 Å². The van der Waals surface area contributed by atoms with Gasteiger partial charge in [0, 0.05) is 18.7 Å². The maximum atomic E-state index is 12.5. The molecule has 0 unspecified atom stereocenters. The van der Waals surface area contributed by atoms with Gasteiger partial charge in [-0.3, -0.25) is 9.59 Å². The molecule has 164 valence electrons. The molecule has 0 heterocycles. The van der Waals surface area contributed by atoms with Gasteiger partial charge in [0.2, 0.25) is 5.91 Å². The van der Waals surface area contributed by atoms with Crippen molar-refractivity contribution in [1.29, 1.82) is 0 Å². The summed E-state index contributed by atoms with van der Waals surface area (Å²) in [5, 5.41) is 5.57. The number of benzene rings is 2. The molecule has 1 saturated carbocycles. The van der Waals surface area contributed by atoms with E-state index in [0.717, 1.165) is 30.5 Å². The van der Waals surface area contributed by atoms with E-state index in [4.69, 9.17) is 4.74 Å². The van der Waals surface area contributed by atoms with Crippen molar-refractivity contribution in [1.82, 2.24) is 10.6 Å². The van der Waals surface area contributed by atoms with Crippen LogP contribution in [-0.4, -0.2) is 31.0 Å². The van der Waals surface area contributed by atoms with Crippen LogP contribution in [0.3, 0.4) is 0 Å². The minimum absolute atomic E-state index is 0.0167. The molecule has 0 radical (unpaired) electrons. The molecule has 1 aliphatic rings. The third kappa shape index (κ3) is 7.81. The molecular formula is C23H23F3N2O3. The number of hydrogen-bond donors (Lipinski definition) is 2. The van der Waals surface area contributed by atoms with Gasteiger partial charge < -0.3 is 15.4 Å². The first-order chi connectivity index (χ1) is 14.8. The fourth-order valence-electron chi connectivity index (χ4n) is 2.74. The predicted octanol–water partition coefficient (Wildman–Crippen LogP) is 3.73. The largest absolute Gasteiger partial charge is 0.484 e. The molecule has 5 nitrogen and oxygen atoms in total. The van der Waals surface area contributed by atoms with Gasteiger partial charge in [0.05, 0.1) is 5.56 Å². The lowest BCUT2D eigenvalue weighted by Gasteiger charge is -2.08. The van der Waals surface area contributed by atoms with Crippen molar-refractivity contribution < 1.29 is 27.5 Å². The summed E-state index contributed by atoms with van der Waals surface area (Å²) in [6.45, 7) is 0.386. The summed E-state index contributed by atoms with van der Waals surface area (Å²) in [6.07, 6.45) is 1.02. The molecule has 2 aromatic rings. The molecule has 2 N–H and O–H groups in total. The monoisotopic (exact) mass is 432 g/mol.